The normalized spacial score (nSPS) is 11.8. The third-order valence-electron chi connectivity index (χ3n) is 4.35. The predicted molar refractivity (Wildman–Crippen MR) is 103 cm³/mol. The molecule has 1 atom stereocenters. The number of para-hydroxylation sites is 1. The third kappa shape index (κ3) is 4.22. The van der Waals surface area contributed by atoms with E-state index in [4.69, 9.17) is 5.73 Å². The van der Waals surface area contributed by atoms with Crippen LogP contribution >= 0.6 is 0 Å². The number of benzene rings is 2. The maximum atomic E-state index is 12.5. The lowest BCUT2D eigenvalue weighted by atomic mass is 10.0. The number of hydrogen-bond donors (Lipinski definition) is 4. The summed E-state index contributed by atoms with van der Waals surface area (Å²) < 4.78 is 0. The first-order valence-electron chi connectivity index (χ1n) is 8.54. The maximum Gasteiger partial charge on any atom is 0.242 e. The number of fused-ring (bicyclic) bond motifs is 1. The quantitative estimate of drug-likeness (QED) is 0.368. The summed E-state index contributed by atoms with van der Waals surface area (Å²) in [5.41, 5.74) is 9.52. The van der Waals surface area contributed by atoms with Crippen molar-refractivity contribution in [1.82, 2.24) is 15.6 Å². The van der Waals surface area contributed by atoms with Gasteiger partial charge in [-0.2, -0.15) is 0 Å². The van der Waals surface area contributed by atoms with Gasteiger partial charge in [0.1, 0.15) is 6.04 Å². The van der Waals surface area contributed by atoms with Gasteiger partial charge in [0, 0.05) is 35.8 Å². The van der Waals surface area contributed by atoms with Gasteiger partial charge in [-0.3, -0.25) is 9.59 Å². The lowest BCUT2D eigenvalue weighted by molar-refractivity contribution is -0.125. The van der Waals surface area contributed by atoms with E-state index in [0.29, 0.717) is 31.5 Å². The standard InChI is InChI=1S/C20H22N4O2/c21-16-5-3-4-14(10-16)8-9-22-20(26)19(24-13-25)11-15-12-23-18-7-2-1-6-17(15)18/h1-7,10,12-13,19,23H,8-9,11,21H2,(H,22,26)(H,24,25)/t19-/m0/s1. The second-order valence-corrected chi connectivity index (χ2v) is 6.19. The highest BCUT2D eigenvalue weighted by Crippen LogP contribution is 2.19. The zero-order valence-corrected chi connectivity index (χ0v) is 14.4. The Kier molecular flexibility index (Phi) is 5.53. The number of hydrogen-bond acceptors (Lipinski definition) is 3. The van der Waals surface area contributed by atoms with Crippen LogP contribution in [0.25, 0.3) is 10.9 Å². The van der Waals surface area contributed by atoms with Crippen molar-refractivity contribution in [1.29, 1.82) is 0 Å². The van der Waals surface area contributed by atoms with Gasteiger partial charge >= 0.3 is 0 Å². The lowest BCUT2D eigenvalue weighted by Crippen LogP contribution is -2.45. The topological polar surface area (TPSA) is 100 Å². The van der Waals surface area contributed by atoms with Gasteiger partial charge in [-0.1, -0.05) is 30.3 Å². The van der Waals surface area contributed by atoms with Crippen molar-refractivity contribution in [2.45, 2.75) is 18.9 Å². The van der Waals surface area contributed by atoms with Crippen LogP contribution in [-0.4, -0.2) is 29.9 Å². The van der Waals surface area contributed by atoms with E-state index in [9.17, 15) is 9.59 Å². The summed E-state index contributed by atoms with van der Waals surface area (Å²) in [5, 5.41) is 6.55. The SMILES string of the molecule is Nc1cccc(CCNC(=O)[C@H](Cc2c[nH]c3ccccc23)NC=O)c1. The highest BCUT2D eigenvalue weighted by Gasteiger charge is 2.19. The van der Waals surface area contributed by atoms with E-state index < -0.39 is 6.04 Å². The number of anilines is 1. The van der Waals surface area contributed by atoms with Crippen molar-refractivity contribution < 1.29 is 9.59 Å². The van der Waals surface area contributed by atoms with Crippen LogP contribution in [0, 0.1) is 0 Å². The van der Waals surface area contributed by atoms with Gasteiger partial charge in [-0.15, -0.1) is 0 Å². The van der Waals surface area contributed by atoms with Crippen LogP contribution < -0.4 is 16.4 Å². The molecule has 0 radical (unpaired) electrons. The fourth-order valence-corrected chi connectivity index (χ4v) is 3.03. The van der Waals surface area contributed by atoms with Gasteiger partial charge < -0.3 is 21.4 Å². The first kappa shape index (κ1) is 17.5. The van der Waals surface area contributed by atoms with Crippen molar-refractivity contribution in [3.05, 3.63) is 65.9 Å². The zero-order chi connectivity index (χ0) is 18.4. The molecule has 6 heteroatoms. The molecule has 0 aliphatic carbocycles. The Hall–Kier alpha value is -3.28. The molecular formula is C20H22N4O2. The molecule has 0 saturated heterocycles. The number of nitrogens with one attached hydrogen (secondary N) is 3. The first-order valence-corrected chi connectivity index (χ1v) is 8.54. The van der Waals surface area contributed by atoms with Gasteiger partial charge in [-0.05, 0) is 35.7 Å². The maximum absolute atomic E-state index is 12.5. The van der Waals surface area contributed by atoms with Crippen molar-refractivity contribution >= 4 is 28.9 Å². The zero-order valence-electron chi connectivity index (χ0n) is 14.4. The van der Waals surface area contributed by atoms with Crippen LogP contribution in [0.5, 0.6) is 0 Å². The van der Waals surface area contributed by atoms with Gasteiger partial charge in [-0.25, -0.2) is 0 Å². The summed E-state index contributed by atoms with van der Waals surface area (Å²) in [7, 11) is 0. The average molecular weight is 350 g/mol. The minimum atomic E-state index is -0.618. The van der Waals surface area contributed by atoms with E-state index >= 15 is 0 Å². The van der Waals surface area contributed by atoms with Crippen LogP contribution in [0.2, 0.25) is 0 Å². The smallest absolute Gasteiger partial charge is 0.242 e. The summed E-state index contributed by atoms with van der Waals surface area (Å²) in [5.74, 6) is -0.203. The molecule has 5 N–H and O–H groups in total. The Morgan fingerprint density at radius 2 is 2.04 bits per heavy atom. The monoisotopic (exact) mass is 350 g/mol. The van der Waals surface area contributed by atoms with Crippen molar-refractivity contribution in [2.24, 2.45) is 0 Å². The predicted octanol–water partition coefficient (Wildman–Crippen LogP) is 1.77. The molecule has 0 aliphatic heterocycles. The number of rotatable bonds is 8. The molecule has 1 heterocycles. The number of nitrogens with two attached hydrogens (primary N) is 1. The fourth-order valence-electron chi connectivity index (χ4n) is 3.03. The van der Waals surface area contributed by atoms with Crippen LogP contribution in [0.4, 0.5) is 5.69 Å². The van der Waals surface area contributed by atoms with Gasteiger partial charge in [0.05, 0.1) is 0 Å². The number of aromatic amines is 1. The Morgan fingerprint density at radius 3 is 2.85 bits per heavy atom. The number of nitrogen functional groups attached to an aromatic ring is 1. The minimum Gasteiger partial charge on any atom is -0.399 e. The summed E-state index contributed by atoms with van der Waals surface area (Å²) >= 11 is 0. The fraction of sp³-hybridized carbons (Fsp3) is 0.200. The number of carbonyl (C=O) groups is 2. The lowest BCUT2D eigenvalue weighted by Gasteiger charge is -2.16. The van der Waals surface area contributed by atoms with E-state index in [2.05, 4.69) is 15.6 Å². The molecule has 0 saturated carbocycles. The molecule has 0 spiro atoms. The molecule has 1 aromatic heterocycles. The molecule has 134 valence electrons. The van der Waals surface area contributed by atoms with E-state index in [0.717, 1.165) is 22.0 Å². The second kappa shape index (κ2) is 8.20. The Balaban J connectivity index is 1.61. The van der Waals surface area contributed by atoms with Gasteiger partial charge in [0.25, 0.3) is 0 Å². The van der Waals surface area contributed by atoms with Crippen LogP contribution in [0.15, 0.2) is 54.7 Å². The molecule has 3 rings (SSSR count). The largest absolute Gasteiger partial charge is 0.399 e. The average Bonchev–Trinajstić information content (AvgIpc) is 3.04. The molecule has 2 amide bonds. The summed E-state index contributed by atoms with van der Waals surface area (Å²) in [4.78, 5) is 26.6. The molecule has 6 nitrogen and oxygen atoms in total. The highest BCUT2D eigenvalue weighted by molar-refractivity contribution is 5.87. The van der Waals surface area contributed by atoms with E-state index in [1.165, 1.54) is 0 Å². The second-order valence-electron chi connectivity index (χ2n) is 6.19. The molecular weight excluding hydrogens is 328 g/mol. The highest BCUT2D eigenvalue weighted by atomic mass is 16.2. The van der Waals surface area contributed by atoms with E-state index in [1.54, 1.807) is 0 Å². The third-order valence-corrected chi connectivity index (χ3v) is 4.35. The van der Waals surface area contributed by atoms with E-state index in [1.807, 2.05) is 54.7 Å². The molecule has 0 aliphatic rings. The van der Waals surface area contributed by atoms with Crippen LogP contribution in [-0.2, 0) is 22.4 Å². The van der Waals surface area contributed by atoms with Crippen LogP contribution in [0.3, 0.4) is 0 Å². The van der Waals surface area contributed by atoms with Gasteiger partial charge in [0.2, 0.25) is 12.3 Å². The molecule has 26 heavy (non-hydrogen) atoms. The summed E-state index contributed by atoms with van der Waals surface area (Å²) in [6, 6.07) is 14.8. The van der Waals surface area contributed by atoms with Crippen LogP contribution in [0.1, 0.15) is 11.1 Å². The molecule has 0 unspecified atom stereocenters. The molecule has 0 bridgehead atoms. The van der Waals surface area contributed by atoms with Crippen molar-refractivity contribution in [3.63, 3.8) is 0 Å². The minimum absolute atomic E-state index is 0.203. The molecule has 3 aromatic rings. The van der Waals surface area contributed by atoms with Crippen molar-refractivity contribution in [3.8, 4) is 0 Å². The van der Waals surface area contributed by atoms with Gasteiger partial charge in [0.15, 0.2) is 0 Å². The Morgan fingerprint density at radius 1 is 1.19 bits per heavy atom. The number of H-pyrrole nitrogens is 1. The number of carbonyl (C=O) groups excluding carboxylic acids is 2. The molecule has 0 fully saturated rings. The summed E-state index contributed by atoms with van der Waals surface area (Å²) in [6.07, 6.45) is 3.55. The molecule has 2 aromatic carbocycles. The Bertz CT molecular complexity index is 903. The van der Waals surface area contributed by atoms with E-state index in [-0.39, 0.29) is 5.91 Å². The Labute approximate surface area is 151 Å². The number of aromatic nitrogens is 1. The first-order chi connectivity index (χ1) is 12.7. The number of amides is 2. The van der Waals surface area contributed by atoms with Crippen molar-refractivity contribution in [2.75, 3.05) is 12.3 Å². The summed E-state index contributed by atoms with van der Waals surface area (Å²) in [6.45, 7) is 0.479.